The van der Waals surface area contributed by atoms with Gasteiger partial charge in [0.15, 0.2) is 6.04 Å². The van der Waals surface area contributed by atoms with Gasteiger partial charge >= 0.3 is 62.1 Å². The molecule has 4 rings (SSSR count). The normalized spacial score (nSPS) is 32.2. The number of benzene rings is 1. The third-order valence-electron chi connectivity index (χ3n) is 5.09. The molecule has 0 spiro atoms. The van der Waals surface area contributed by atoms with E-state index in [4.69, 9.17) is 92.9 Å². The number of hydrogen-bond donors (Lipinski definition) is 0. The van der Waals surface area contributed by atoms with Gasteiger partial charge in [-0.25, -0.2) is 0 Å². The number of azo groups is 2. The Bertz CT molecular complexity index is 855. The molecule has 1 aliphatic heterocycles. The third kappa shape index (κ3) is 6.06. The third-order valence-corrected chi connectivity index (χ3v) is 5.89. The molecule has 0 amide bonds. The number of hydrogen-bond acceptors (Lipinski definition) is 1. The monoisotopic (exact) mass is 672 g/mol. The first kappa shape index (κ1) is 24.6. The van der Waals surface area contributed by atoms with Crippen molar-refractivity contribution >= 4 is 103 Å². The Morgan fingerprint density at radius 1 is 0.929 bits per heavy atom. The molecule has 0 unspecified atom stereocenters. The van der Waals surface area contributed by atoms with Crippen molar-refractivity contribution in [2.45, 2.75) is 31.8 Å². The first-order valence-corrected chi connectivity index (χ1v) is 28.8. The standard InChI is InChI=1S/C16H16Cl3N2.6ClH.Sb/c1-16(2)13-8-3-4-9(5-8)14(13)21(20-16)15-11(18)6-10(17)7-12(15)19;;;;;;;/h3-4,6-9,13-14H,5H2,1-2H3;6*1H;/q+1;;;;;;;+5/p-6/t8-,9+,13+,14-;;;;;;;/m1......./s1. The summed E-state index contributed by atoms with van der Waals surface area (Å²) in [6.07, 6.45) is 5.90. The van der Waals surface area contributed by atoms with Gasteiger partial charge in [-0.1, -0.05) is 51.7 Å². The van der Waals surface area contributed by atoms with Crippen molar-refractivity contribution in [2.75, 3.05) is 0 Å². The number of nitrogens with zero attached hydrogens (tertiary/aromatic N) is 2. The van der Waals surface area contributed by atoms with Crippen molar-refractivity contribution in [1.82, 2.24) is 0 Å². The van der Waals surface area contributed by atoms with Crippen LogP contribution in [-0.2, 0) is 0 Å². The van der Waals surface area contributed by atoms with Gasteiger partial charge in [0.05, 0.1) is 5.92 Å². The average Bonchev–Trinajstić information content (AvgIpc) is 3.07. The average molecular weight is 677 g/mol. The van der Waals surface area contributed by atoms with E-state index in [1.165, 1.54) is 6.42 Å². The van der Waals surface area contributed by atoms with Gasteiger partial charge in [0.1, 0.15) is 15.6 Å². The van der Waals surface area contributed by atoms with E-state index in [0.717, 1.165) is 5.69 Å². The maximum atomic E-state index is 6.41. The molecule has 2 aliphatic carbocycles. The Balaban J connectivity index is 0.000000279. The van der Waals surface area contributed by atoms with Crippen molar-refractivity contribution in [2.24, 2.45) is 22.9 Å². The van der Waals surface area contributed by atoms with Gasteiger partial charge in [-0.2, -0.15) is 0 Å². The Morgan fingerprint density at radius 2 is 1.39 bits per heavy atom. The quantitative estimate of drug-likeness (QED) is 0.160. The Morgan fingerprint density at radius 3 is 1.89 bits per heavy atom. The van der Waals surface area contributed by atoms with Crippen LogP contribution < -0.4 is 0 Å². The number of fused-ring (bicyclic) bond motifs is 5. The first-order chi connectivity index (χ1) is 12.3. The summed E-state index contributed by atoms with van der Waals surface area (Å²) in [6, 6.07) is 3.83. The summed E-state index contributed by atoms with van der Waals surface area (Å²) in [7, 11) is 25.0. The van der Waals surface area contributed by atoms with Crippen LogP contribution in [0, 0.1) is 17.8 Å². The Labute approximate surface area is 199 Å². The van der Waals surface area contributed by atoms with E-state index in [-0.39, 0.29) is 5.54 Å². The molecule has 0 N–H and O–H groups in total. The molecule has 0 saturated heterocycles. The van der Waals surface area contributed by atoms with Crippen molar-refractivity contribution in [3.05, 3.63) is 39.4 Å². The van der Waals surface area contributed by atoms with Gasteiger partial charge in [0, 0.05) is 10.9 Å². The van der Waals surface area contributed by atoms with E-state index in [1.54, 1.807) is 12.1 Å². The second kappa shape index (κ2) is 7.24. The van der Waals surface area contributed by atoms with Gasteiger partial charge in [0.2, 0.25) is 0 Å². The molecular weight excluding hydrogens is 661 g/mol. The molecule has 4 atom stereocenters. The van der Waals surface area contributed by atoms with Crippen LogP contribution in [0.4, 0.5) is 5.69 Å². The Kier molecular flexibility index (Phi) is 6.37. The second-order valence-corrected chi connectivity index (χ2v) is 65.9. The summed E-state index contributed by atoms with van der Waals surface area (Å²) < 4.78 is 2.07. The van der Waals surface area contributed by atoms with Crippen molar-refractivity contribution in [3.63, 3.8) is 0 Å². The summed E-state index contributed by atoms with van der Waals surface area (Å²) in [6.45, 7) is 4.41. The van der Waals surface area contributed by atoms with E-state index in [0.29, 0.717) is 38.9 Å². The molecular formula is C16H16Cl9N2Sb. The number of rotatable bonds is 1. The van der Waals surface area contributed by atoms with E-state index in [9.17, 15) is 0 Å². The molecule has 2 bridgehead atoms. The van der Waals surface area contributed by atoms with Crippen LogP contribution in [0.25, 0.3) is 0 Å². The summed E-state index contributed by atoms with van der Waals surface area (Å²) in [5, 5.41) is 6.64. The van der Waals surface area contributed by atoms with Crippen LogP contribution in [0.5, 0.6) is 0 Å². The zero-order valence-corrected chi connectivity index (χ0v) is 23.9. The van der Waals surface area contributed by atoms with E-state index in [1.807, 2.05) is 0 Å². The molecule has 158 valence electrons. The Hall–Kier alpha value is 1.99. The van der Waals surface area contributed by atoms with Gasteiger partial charge in [-0.05, 0) is 43.4 Å². The first-order valence-electron chi connectivity index (χ1n) is 8.25. The van der Waals surface area contributed by atoms with Gasteiger partial charge < -0.3 is 0 Å². The fraction of sp³-hybridized carbons (Fsp3) is 0.500. The minimum absolute atomic E-state index is 0.0961. The van der Waals surface area contributed by atoms with Crippen molar-refractivity contribution < 1.29 is 4.70 Å². The fourth-order valence-corrected chi connectivity index (χ4v) is 5.42. The SMILES string of the molecule is CC1(C)N=[N+](c2c(Cl)cc(Cl)cc2Cl)[C@H]2[C@@H]1[C@@H]1C=C[C@H]2C1.[Cl][Sb-]([Cl])([Cl])([Cl])([Cl])[Cl]. The fourth-order valence-electron chi connectivity index (χ4n) is 4.43. The van der Waals surface area contributed by atoms with Crippen LogP contribution in [-0.4, -0.2) is 25.4 Å². The molecule has 0 radical (unpaired) electrons. The number of allylic oxidation sites excluding steroid dienone is 1. The molecule has 12 heteroatoms. The maximum absolute atomic E-state index is 6.41. The predicted molar refractivity (Wildman–Crippen MR) is 127 cm³/mol. The van der Waals surface area contributed by atoms with Gasteiger partial charge in [0.25, 0.3) is 5.69 Å². The van der Waals surface area contributed by atoms with Gasteiger partial charge in [-0.3, -0.25) is 0 Å². The molecule has 0 aromatic heterocycles. The molecule has 1 saturated carbocycles. The summed E-state index contributed by atoms with van der Waals surface area (Å²) in [5.41, 5.74) is 0.700. The predicted octanol–water partition coefficient (Wildman–Crippen LogP) is 9.48. The topological polar surface area (TPSA) is 15.4 Å². The van der Waals surface area contributed by atoms with Crippen molar-refractivity contribution in [3.8, 4) is 0 Å². The van der Waals surface area contributed by atoms with Crippen LogP contribution in [0.1, 0.15) is 20.3 Å². The van der Waals surface area contributed by atoms with Crippen LogP contribution in [0.3, 0.4) is 0 Å². The van der Waals surface area contributed by atoms with Crippen LogP contribution >= 0.6 is 87.8 Å². The molecule has 2 nitrogen and oxygen atoms in total. The summed E-state index contributed by atoms with van der Waals surface area (Å²) >= 11 is 18.9. The molecule has 1 aromatic rings. The van der Waals surface area contributed by atoms with Crippen molar-refractivity contribution in [1.29, 1.82) is 0 Å². The van der Waals surface area contributed by atoms with Crippen LogP contribution in [0.2, 0.25) is 15.1 Å². The van der Waals surface area contributed by atoms with Gasteiger partial charge in [-0.15, -0.1) is 0 Å². The number of halogens is 9. The zero-order valence-electron chi connectivity index (χ0n) is 14.6. The molecule has 1 fully saturated rings. The summed E-state index contributed by atoms with van der Waals surface area (Å²) in [5.74, 6) is 1.68. The molecule has 3 aliphatic rings. The zero-order chi connectivity index (χ0) is 21.3. The van der Waals surface area contributed by atoms with E-state index in [2.05, 4.69) is 30.7 Å². The molecule has 1 aromatic carbocycles. The molecule has 28 heavy (non-hydrogen) atoms. The van der Waals surface area contributed by atoms with Crippen LogP contribution in [0.15, 0.2) is 29.4 Å². The van der Waals surface area contributed by atoms with E-state index >= 15 is 0 Å². The molecule has 1 heterocycles. The second-order valence-electron chi connectivity index (χ2n) is 7.74. The minimum atomic E-state index is -5.42. The van der Waals surface area contributed by atoms with E-state index < -0.39 is 9.14 Å². The summed E-state index contributed by atoms with van der Waals surface area (Å²) in [4.78, 5) is 0.